The van der Waals surface area contributed by atoms with Crippen molar-refractivity contribution in [3.05, 3.63) is 0 Å². The summed E-state index contributed by atoms with van der Waals surface area (Å²) in [7, 11) is -7.85. The van der Waals surface area contributed by atoms with Crippen molar-refractivity contribution < 1.29 is 35.4 Å². The zero-order chi connectivity index (χ0) is 20.2. The quantitative estimate of drug-likeness (QED) is 0.198. The zero-order valence-electron chi connectivity index (χ0n) is 14.4. The average molecular weight is 483 g/mol. The first-order valence-corrected chi connectivity index (χ1v) is 13.8. The number of hydrogen-bond donors (Lipinski definition) is 2. The van der Waals surface area contributed by atoms with Crippen LogP contribution in [-0.2, 0) is 29.7 Å². The highest BCUT2D eigenvalue weighted by Gasteiger charge is 2.07. The third kappa shape index (κ3) is 15.6. The molecule has 0 fully saturated rings. The second kappa shape index (κ2) is 13.3. The molecule has 2 N–H and O–H groups in total. The van der Waals surface area contributed by atoms with Crippen molar-refractivity contribution in [1.82, 2.24) is 10.2 Å². The van der Waals surface area contributed by atoms with E-state index in [1.54, 1.807) is 0 Å². The Hall–Kier alpha value is -0.000000000000000194. The van der Waals surface area contributed by atoms with Gasteiger partial charge in [0.05, 0.1) is 24.7 Å². The Morgan fingerprint density at radius 1 is 0.778 bits per heavy atom. The van der Waals surface area contributed by atoms with Crippen LogP contribution in [0, 0.1) is 0 Å². The van der Waals surface area contributed by atoms with Gasteiger partial charge in [-0.1, -0.05) is 34.9 Å². The average Bonchev–Trinajstić information content (AvgIpc) is 2.99. The maximum Gasteiger partial charge on any atom is 0.264 e. The minimum Gasteiger partial charge on any atom is -0.381 e. The topological polar surface area (TPSA) is 153 Å². The summed E-state index contributed by atoms with van der Waals surface area (Å²) >= 11 is 4.41. The molecule has 0 saturated carbocycles. The fourth-order valence-corrected chi connectivity index (χ4v) is 5.41. The van der Waals surface area contributed by atoms with Crippen molar-refractivity contribution in [1.29, 1.82) is 0 Å². The molecule has 0 bridgehead atoms. The van der Waals surface area contributed by atoms with E-state index in [9.17, 15) is 16.8 Å². The normalized spacial score (nSPS) is 12.5. The van der Waals surface area contributed by atoms with E-state index in [0.29, 0.717) is 24.7 Å². The highest BCUT2D eigenvalue weighted by molar-refractivity contribution is 8.03. The van der Waals surface area contributed by atoms with Crippen molar-refractivity contribution in [2.24, 2.45) is 0 Å². The van der Waals surface area contributed by atoms with E-state index < -0.39 is 20.2 Å². The predicted octanol–water partition coefficient (Wildman–Crippen LogP) is 1.31. The molecule has 15 heteroatoms. The lowest BCUT2D eigenvalue weighted by molar-refractivity contribution is 0.151. The van der Waals surface area contributed by atoms with Gasteiger partial charge in [-0.05, 0) is 12.8 Å². The van der Waals surface area contributed by atoms with Crippen molar-refractivity contribution >= 4 is 55.1 Å². The van der Waals surface area contributed by atoms with E-state index in [1.807, 2.05) is 0 Å². The lowest BCUT2D eigenvalue weighted by Gasteiger charge is -2.02. The van der Waals surface area contributed by atoms with E-state index in [0.717, 1.165) is 8.68 Å². The molecule has 27 heavy (non-hydrogen) atoms. The van der Waals surface area contributed by atoms with Gasteiger partial charge in [0, 0.05) is 24.7 Å². The Bertz CT molecular complexity index is 676. The van der Waals surface area contributed by atoms with Gasteiger partial charge in [-0.15, -0.1) is 10.2 Å². The smallest absolute Gasteiger partial charge is 0.264 e. The van der Waals surface area contributed by atoms with Crippen LogP contribution in [0.1, 0.15) is 12.8 Å². The van der Waals surface area contributed by atoms with Gasteiger partial charge in [0.15, 0.2) is 8.68 Å². The van der Waals surface area contributed by atoms with Gasteiger partial charge in [0.1, 0.15) is 0 Å². The molecule has 1 rings (SSSR count). The van der Waals surface area contributed by atoms with Crippen molar-refractivity contribution in [2.45, 2.75) is 21.5 Å². The Kier molecular flexibility index (Phi) is 12.3. The van der Waals surface area contributed by atoms with Crippen LogP contribution in [0.2, 0.25) is 0 Å². The van der Waals surface area contributed by atoms with Crippen molar-refractivity contribution in [3.8, 4) is 0 Å². The van der Waals surface area contributed by atoms with Gasteiger partial charge in [0.2, 0.25) is 0 Å². The molecule has 0 amide bonds. The van der Waals surface area contributed by atoms with Gasteiger partial charge in [-0.25, -0.2) is 0 Å². The molecular formula is C12H22N2O8S5. The highest BCUT2D eigenvalue weighted by atomic mass is 32.2. The van der Waals surface area contributed by atoms with E-state index >= 15 is 0 Å². The summed E-state index contributed by atoms with van der Waals surface area (Å²) in [5.74, 6) is 0.701. The first-order valence-electron chi connectivity index (χ1n) is 7.80. The van der Waals surface area contributed by atoms with Crippen LogP contribution in [0.3, 0.4) is 0 Å². The lowest BCUT2D eigenvalue weighted by atomic mass is 10.5. The Morgan fingerprint density at radius 2 is 1.19 bits per heavy atom. The molecule has 0 aromatic carbocycles. The van der Waals surface area contributed by atoms with Gasteiger partial charge >= 0.3 is 0 Å². The number of rotatable bonds is 16. The first kappa shape index (κ1) is 25.0. The Labute approximate surface area is 171 Å². The summed E-state index contributed by atoms with van der Waals surface area (Å²) in [6.45, 7) is 1.41. The largest absolute Gasteiger partial charge is 0.381 e. The minimum atomic E-state index is -3.92. The van der Waals surface area contributed by atoms with E-state index in [4.69, 9.17) is 18.6 Å². The number of hydrogen-bond acceptors (Lipinski definition) is 11. The highest BCUT2D eigenvalue weighted by Crippen LogP contribution is 2.28. The van der Waals surface area contributed by atoms with Crippen LogP contribution >= 0.6 is 34.9 Å². The van der Waals surface area contributed by atoms with Crippen LogP contribution in [0.4, 0.5) is 0 Å². The molecule has 1 aromatic rings. The molecule has 0 saturated heterocycles. The molecule has 0 spiro atoms. The standard InChI is InChI=1S/C12H22N2O8S5/c15-26(16,17)9-1-3-21-5-7-23-11-13-14-12(25-11)24-8-6-22-4-2-10-27(18,19)20/h1-10H2,(H,15,16,17)(H,18,19,20). The molecule has 0 radical (unpaired) electrons. The molecule has 0 aliphatic heterocycles. The number of thioether (sulfide) groups is 2. The third-order valence-corrected chi connectivity index (χ3v) is 7.40. The van der Waals surface area contributed by atoms with Crippen molar-refractivity contribution in [2.75, 3.05) is 49.4 Å². The van der Waals surface area contributed by atoms with Crippen LogP contribution in [0.5, 0.6) is 0 Å². The molecule has 0 aliphatic carbocycles. The van der Waals surface area contributed by atoms with Crippen molar-refractivity contribution in [3.63, 3.8) is 0 Å². The molecule has 10 nitrogen and oxygen atoms in total. The number of nitrogens with zero attached hydrogens (tertiary/aromatic N) is 2. The Balaban J connectivity index is 2.02. The fourth-order valence-electron chi connectivity index (χ4n) is 1.58. The second-order valence-corrected chi connectivity index (χ2v) is 11.8. The summed E-state index contributed by atoms with van der Waals surface area (Å²) in [5, 5.41) is 8.09. The van der Waals surface area contributed by atoms with E-state index in [2.05, 4.69) is 10.2 Å². The van der Waals surface area contributed by atoms with Gasteiger partial charge in [-0.2, -0.15) is 16.8 Å². The molecule has 158 valence electrons. The molecule has 1 heterocycles. The van der Waals surface area contributed by atoms with Crippen LogP contribution in [0.25, 0.3) is 0 Å². The van der Waals surface area contributed by atoms with E-state index in [1.165, 1.54) is 34.9 Å². The monoisotopic (exact) mass is 482 g/mol. The Morgan fingerprint density at radius 3 is 1.56 bits per heavy atom. The van der Waals surface area contributed by atoms with Crippen LogP contribution < -0.4 is 0 Å². The predicted molar refractivity (Wildman–Crippen MR) is 105 cm³/mol. The molecule has 0 aliphatic rings. The zero-order valence-corrected chi connectivity index (χ0v) is 18.4. The summed E-state index contributed by atoms with van der Waals surface area (Å²) in [4.78, 5) is 0. The maximum atomic E-state index is 10.5. The summed E-state index contributed by atoms with van der Waals surface area (Å²) in [6, 6.07) is 0. The molecule has 1 aromatic heterocycles. The number of ether oxygens (including phenoxy) is 2. The van der Waals surface area contributed by atoms with Crippen LogP contribution in [0.15, 0.2) is 8.68 Å². The van der Waals surface area contributed by atoms with Gasteiger partial charge in [0.25, 0.3) is 20.2 Å². The van der Waals surface area contributed by atoms with Crippen LogP contribution in [-0.4, -0.2) is 85.6 Å². The maximum absolute atomic E-state index is 10.5. The second-order valence-electron chi connectivity index (χ2n) is 5.03. The molecular weight excluding hydrogens is 460 g/mol. The lowest BCUT2D eigenvalue weighted by Crippen LogP contribution is -2.08. The molecule has 0 atom stereocenters. The third-order valence-electron chi connectivity index (χ3n) is 2.68. The van der Waals surface area contributed by atoms with Gasteiger partial charge < -0.3 is 9.47 Å². The number of aromatic nitrogens is 2. The summed E-state index contributed by atoms with van der Waals surface area (Å²) < 4.78 is 71.4. The fraction of sp³-hybridized carbons (Fsp3) is 0.833. The first-order chi connectivity index (χ1) is 12.7. The molecule has 0 unspecified atom stereocenters. The van der Waals surface area contributed by atoms with E-state index in [-0.39, 0.29) is 37.6 Å². The SMILES string of the molecule is O=S(=O)(O)CCCOCCSc1nnc(SCCOCCCS(=O)(=O)O)s1. The summed E-state index contributed by atoms with van der Waals surface area (Å²) in [6.07, 6.45) is 0.502. The summed E-state index contributed by atoms with van der Waals surface area (Å²) in [5.41, 5.74) is 0. The minimum absolute atomic E-state index is 0.251. The van der Waals surface area contributed by atoms with Gasteiger partial charge in [-0.3, -0.25) is 9.11 Å².